The number of piperidine rings is 1. The molecule has 1 aromatic carbocycles. The lowest BCUT2D eigenvalue weighted by molar-refractivity contribution is -0.135. The summed E-state index contributed by atoms with van der Waals surface area (Å²) in [6, 6.07) is 8.97. The highest BCUT2D eigenvalue weighted by Crippen LogP contribution is 2.30. The van der Waals surface area contributed by atoms with Gasteiger partial charge in [0.05, 0.1) is 26.7 Å². The summed E-state index contributed by atoms with van der Waals surface area (Å²) < 4.78 is 10.7. The van der Waals surface area contributed by atoms with Crippen LogP contribution in [0.1, 0.15) is 48.6 Å². The van der Waals surface area contributed by atoms with E-state index in [1.54, 1.807) is 14.2 Å². The van der Waals surface area contributed by atoms with Crippen molar-refractivity contribution in [1.29, 1.82) is 0 Å². The maximum atomic E-state index is 13.2. The van der Waals surface area contributed by atoms with Crippen molar-refractivity contribution in [1.82, 2.24) is 10.2 Å². The van der Waals surface area contributed by atoms with Crippen molar-refractivity contribution >= 4 is 23.3 Å². The molecular weight excluding hydrogens is 414 g/mol. The number of benzene rings is 1. The Kier molecular flexibility index (Phi) is 8.17. The number of aryl methyl sites for hydroxylation is 1. The maximum Gasteiger partial charge on any atom is 0.312 e. The van der Waals surface area contributed by atoms with Crippen LogP contribution in [0, 0.1) is 0 Å². The Hall–Kier alpha value is -2.74. The van der Waals surface area contributed by atoms with Gasteiger partial charge < -0.3 is 25.4 Å². The molecule has 0 radical (unpaired) electrons. The zero-order chi connectivity index (χ0) is 22.2. The molecule has 7 nitrogen and oxygen atoms in total. The van der Waals surface area contributed by atoms with Gasteiger partial charge in [-0.3, -0.25) is 4.79 Å². The number of urea groups is 1. The Morgan fingerprint density at radius 1 is 1.23 bits per heavy atom. The second kappa shape index (κ2) is 11.0. The van der Waals surface area contributed by atoms with Gasteiger partial charge in [0.15, 0.2) is 11.5 Å². The molecule has 3 rings (SSSR count). The number of ether oxygens (including phenoxy) is 2. The van der Waals surface area contributed by atoms with Gasteiger partial charge >= 0.3 is 6.03 Å². The number of rotatable bonds is 9. The first-order valence-electron chi connectivity index (χ1n) is 10.6. The van der Waals surface area contributed by atoms with Gasteiger partial charge in [-0.25, -0.2) is 4.79 Å². The number of hydrogen-bond acceptors (Lipinski definition) is 5. The average Bonchev–Trinajstić information content (AvgIpc) is 3.32. The van der Waals surface area contributed by atoms with Gasteiger partial charge in [0.25, 0.3) is 0 Å². The predicted octanol–water partition coefficient (Wildman–Crippen LogP) is 3.88. The molecule has 3 amide bonds. The van der Waals surface area contributed by atoms with Crippen LogP contribution in [0.2, 0.25) is 0 Å². The number of thiophene rings is 1. The molecule has 0 aliphatic carbocycles. The lowest BCUT2D eigenvalue weighted by atomic mass is 9.95. The third-order valence-electron chi connectivity index (χ3n) is 5.74. The van der Waals surface area contributed by atoms with Crippen LogP contribution >= 0.6 is 11.3 Å². The Bertz CT molecular complexity index is 872. The SMILES string of the molecule is COc1ccc(CCC2CCCCN2C(=O)CC(NC(N)=O)c2cccs2)cc1OC. The van der Waals surface area contributed by atoms with Crippen LogP contribution in [-0.4, -0.2) is 43.6 Å². The van der Waals surface area contributed by atoms with E-state index < -0.39 is 12.1 Å². The molecule has 2 aromatic rings. The lowest BCUT2D eigenvalue weighted by Crippen LogP contribution is -2.45. The van der Waals surface area contributed by atoms with Crippen molar-refractivity contribution in [3.8, 4) is 11.5 Å². The fourth-order valence-electron chi connectivity index (χ4n) is 4.17. The Morgan fingerprint density at radius 3 is 2.71 bits per heavy atom. The number of methoxy groups -OCH3 is 2. The summed E-state index contributed by atoms with van der Waals surface area (Å²) in [7, 11) is 3.26. The number of likely N-dealkylation sites (tertiary alicyclic amines) is 1. The highest BCUT2D eigenvalue weighted by Gasteiger charge is 2.29. The van der Waals surface area contributed by atoms with Gasteiger partial charge in [-0.15, -0.1) is 11.3 Å². The Morgan fingerprint density at radius 2 is 2.03 bits per heavy atom. The van der Waals surface area contributed by atoms with Crippen LogP contribution in [-0.2, 0) is 11.2 Å². The zero-order valence-electron chi connectivity index (χ0n) is 18.1. The summed E-state index contributed by atoms with van der Waals surface area (Å²) >= 11 is 1.51. The first-order chi connectivity index (χ1) is 15.0. The summed E-state index contributed by atoms with van der Waals surface area (Å²) in [4.78, 5) is 27.6. The maximum absolute atomic E-state index is 13.2. The van der Waals surface area contributed by atoms with Gasteiger partial charge in [0, 0.05) is 17.5 Å². The molecule has 1 aliphatic heterocycles. The molecular formula is C23H31N3O4S. The van der Waals surface area contributed by atoms with E-state index in [-0.39, 0.29) is 18.4 Å². The molecule has 8 heteroatoms. The molecule has 2 heterocycles. The average molecular weight is 446 g/mol. The van der Waals surface area contributed by atoms with Crippen molar-refractivity contribution in [3.05, 3.63) is 46.2 Å². The monoisotopic (exact) mass is 445 g/mol. The predicted molar refractivity (Wildman–Crippen MR) is 122 cm³/mol. The number of nitrogens with one attached hydrogen (secondary N) is 1. The van der Waals surface area contributed by atoms with E-state index >= 15 is 0 Å². The van der Waals surface area contributed by atoms with Gasteiger partial charge in [-0.1, -0.05) is 12.1 Å². The fourth-order valence-corrected chi connectivity index (χ4v) is 4.95. The molecule has 168 valence electrons. The minimum absolute atomic E-state index is 0.0594. The molecule has 2 unspecified atom stereocenters. The number of nitrogens with zero attached hydrogens (tertiary/aromatic N) is 1. The normalized spacial score (nSPS) is 17.1. The number of hydrogen-bond donors (Lipinski definition) is 2. The van der Waals surface area contributed by atoms with Crippen molar-refractivity contribution in [3.63, 3.8) is 0 Å². The van der Waals surface area contributed by atoms with E-state index in [1.807, 2.05) is 40.6 Å². The molecule has 1 aliphatic rings. The molecule has 0 bridgehead atoms. The highest BCUT2D eigenvalue weighted by atomic mass is 32.1. The van der Waals surface area contributed by atoms with Crippen molar-refractivity contribution in [2.75, 3.05) is 20.8 Å². The van der Waals surface area contributed by atoms with E-state index in [1.165, 1.54) is 11.3 Å². The summed E-state index contributed by atoms with van der Waals surface area (Å²) in [6.07, 6.45) is 5.07. The standard InChI is InChI=1S/C23H31N3O4S/c1-29-19-11-9-16(14-20(19)30-2)8-10-17-6-3-4-12-26(17)22(27)15-18(25-23(24)28)21-7-5-13-31-21/h5,7,9,11,13-14,17-18H,3-4,6,8,10,12,15H2,1-2H3,(H3,24,25,28). The van der Waals surface area contributed by atoms with E-state index in [2.05, 4.69) is 5.32 Å². The Balaban J connectivity index is 1.65. The molecule has 0 spiro atoms. The second-order valence-electron chi connectivity index (χ2n) is 7.75. The van der Waals surface area contributed by atoms with E-state index in [0.717, 1.165) is 49.1 Å². The largest absolute Gasteiger partial charge is 0.493 e. The molecule has 1 aromatic heterocycles. The van der Waals surface area contributed by atoms with Gasteiger partial charge in [0.1, 0.15) is 0 Å². The quantitative estimate of drug-likeness (QED) is 0.612. The topological polar surface area (TPSA) is 93.9 Å². The van der Waals surface area contributed by atoms with Crippen molar-refractivity contribution in [2.45, 2.75) is 50.6 Å². The Labute approximate surface area is 187 Å². The zero-order valence-corrected chi connectivity index (χ0v) is 19.0. The summed E-state index contributed by atoms with van der Waals surface area (Å²) in [6.45, 7) is 0.753. The molecule has 31 heavy (non-hydrogen) atoms. The van der Waals surface area contributed by atoms with Crippen molar-refractivity contribution < 1.29 is 19.1 Å². The first-order valence-corrected chi connectivity index (χ1v) is 11.5. The molecule has 0 saturated carbocycles. The van der Waals surface area contributed by atoms with Crippen LogP contribution in [0.25, 0.3) is 0 Å². The van der Waals surface area contributed by atoms with Crippen LogP contribution in [0.5, 0.6) is 11.5 Å². The number of nitrogens with two attached hydrogens (primary N) is 1. The first kappa shape index (κ1) is 22.9. The smallest absolute Gasteiger partial charge is 0.312 e. The van der Waals surface area contributed by atoms with Gasteiger partial charge in [-0.05, 0) is 61.2 Å². The highest BCUT2D eigenvalue weighted by molar-refractivity contribution is 7.10. The number of primary amides is 1. The van der Waals surface area contributed by atoms with Crippen LogP contribution < -0.4 is 20.5 Å². The van der Waals surface area contributed by atoms with E-state index in [9.17, 15) is 9.59 Å². The number of carbonyl (C=O) groups is 2. The second-order valence-corrected chi connectivity index (χ2v) is 8.72. The van der Waals surface area contributed by atoms with Gasteiger partial charge in [-0.2, -0.15) is 0 Å². The van der Waals surface area contributed by atoms with E-state index in [4.69, 9.17) is 15.2 Å². The molecule has 2 atom stereocenters. The summed E-state index contributed by atoms with van der Waals surface area (Å²) in [5.41, 5.74) is 6.50. The summed E-state index contributed by atoms with van der Waals surface area (Å²) in [5, 5.41) is 4.66. The van der Waals surface area contributed by atoms with E-state index in [0.29, 0.717) is 11.5 Å². The van der Waals surface area contributed by atoms with Crippen LogP contribution in [0.15, 0.2) is 35.7 Å². The fraction of sp³-hybridized carbons (Fsp3) is 0.478. The molecule has 3 N–H and O–H groups in total. The third kappa shape index (κ3) is 6.13. The minimum Gasteiger partial charge on any atom is -0.493 e. The molecule has 1 saturated heterocycles. The molecule has 1 fully saturated rings. The van der Waals surface area contributed by atoms with Crippen LogP contribution in [0.4, 0.5) is 4.79 Å². The number of carbonyl (C=O) groups excluding carboxylic acids is 2. The lowest BCUT2D eigenvalue weighted by Gasteiger charge is -2.37. The summed E-state index contributed by atoms with van der Waals surface area (Å²) in [5.74, 6) is 1.49. The van der Waals surface area contributed by atoms with Crippen molar-refractivity contribution in [2.24, 2.45) is 5.73 Å². The number of amides is 3. The van der Waals surface area contributed by atoms with Gasteiger partial charge in [0.2, 0.25) is 5.91 Å². The third-order valence-corrected chi connectivity index (χ3v) is 6.73. The van der Waals surface area contributed by atoms with Crippen LogP contribution in [0.3, 0.4) is 0 Å². The minimum atomic E-state index is -0.616.